The van der Waals surface area contributed by atoms with Crippen molar-refractivity contribution in [1.82, 2.24) is 10.2 Å². The van der Waals surface area contributed by atoms with E-state index in [1.165, 1.54) is 10.4 Å². The molecule has 0 atom stereocenters. The molecule has 4 rings (SSSR count). The minimum atomic E-state index is -0.130. The molecule has 0 bridgehead atoms. The van der Waals surface area contributed by atoms with Crippen molar-refractivity contribution in [3.05, 3.63) is 118 Å². The van der Waals surface area contributed by atoms with Gasteiger partial charge < -0.3 is 16.0 Å². The van der Waals surface area contributed by atoms with Crippen LogP contribution in [-0.4, -0.2) is 36.3 Å². The first-order valence-corrected chi connectivity index (χ1v) is 14.0. The van der Waals surface area contributed by atoms with E-state index in [1.54, 1.807) is 17.4 Å². The molecule has 0 aliphatic carbocycles. The molecule has 1 heterocycles. The number of hydrogen-bond acceptors (Lipinski definition) is 4. The third-order valence-electron chi connectivity index (χ3n) is 6.45. The Bertz CT molecular complexity index is 1310. The van der Waals surface area contributed by atoms with E-state index >= 15 is 0 Å². The molecule has 0 spiro atoms. The van der Waals surface area contributed by atoms with Crippen molar-refractivity contribution in [1.29, 1.82) is 0 Å². The Balaban J connectivity index is 1.45. The highest BCUT2D eigenvalue weighted by Crippen LogP contribution is 2.23. The second kappa shape index (κ2) is 14.3. The molecule has 38 heavy (non-hydrogen) atoms. The third kappa shape index (κ3) is 8.13. The summed E-state index contributed by atoms with van der Waals surface area (Å²) in [4.78, 5) is 29.0. The van der Waals surface area contributed by atoms with E-state index in [0.717, 1.165) is 36.0 Å². The fourth-order valence-corrected chi connectivity index (χ4v) is 5.13. The molecule has 3 N–H and O–H groups in total. The van der Waals surface area contributed by atoms with Gasteiger partial charge in [0.05, 0.1) is 0 Å². The van der Waals surface area contributed by atoms with Gasteiger partial charge in [-0.2, -0.15) is 0 Å². The predicted octanol–water partition coefficient (Wildman–Crippen LogP) is 5.70. The van der Waals surface area contributed by atoms with Crippen LogP contribution in [0.4, 0.5) is 0 Å². The lowest BCUT2D eigenvalue weighted by Crippen LogP contribution is -2.32. The molecule has 0 fully saturated rings. The van der Waals surface area contributed by atoms with E-state index in [2.05, 4.69) is 47.1 Å². The average Bonchev–Trinajstić information content (AvgIpc) is 3.48. The van der Waals surface area contributed by atoms with Crippen LogP contribution in [0.1, 0.15) is 39.2 Å². The number of thiophene rings is 1. The third-order valence-corrected chi connectivity index (χ3v) is 7.38. The van der Waals surface area contributed by atoms with Crippen molar-refractivity contribution in [3.8, 4) is 11.1 Å². The molecular weight excluding hydrogens is 490 g/mol. The second-order valence-corrected chi connectivity index (χ2v) is 10.3. The summed E-state index contributed by atoms with van der Waals surface area (Å²) in [6.45, 7) is 2.09. The predicted molar refractivity (Wildman–Crippen MR) is 156 cm³/mol. The second-order valence-electron chi connectivity index (χ2n) is 9.31. The van der Waals surface area contributed by atoms with Crippen LogP contribution in [-0.2, 0) is 24.2 Å². The standard InChI is InChI=1S/C32H35N3O2S/c33-18-19-34-32(37)29-14-6-13-28(23-29)27-12-4-11-26(22-27)24-35(20-17-30-15-7-21-38-30)31(36)16-5-10-25-8-2-1-3-9-25/h1-4,6-9,11-15,21-23H,5,10,16-20,24,33H2,(H,34,37). The number of benzene rings is 3. The van der Waals surface area contributed by atoms with Gasteiger partial charge in [-0.15, -0.1) is 11.3 Å². The summed E-state index contributed by atoms with van der Waals surface area (Å²) in [5.74, 6) is 0.0516. The van der Waals surface area contributed by atoms with Gasteiger partial charge in [-0.25, -0.2) is 0 Å². The van der Waals surface area contributed by atoms with Gasteiger partial charge in [-0.1, -0.05) is 66.7 Å². The van der Waals surface area contributed by atoms with Gasteiger partial charge in [0.15, 0.2) is 0 Å². The number of hydrogen-bond donors (Lipinski definition) is 2. The molecule has 0 aliphatic rings. The number of amides is 2. The smallest absolute Gasteiger partial charge is 0.251 e. The molecule has 196 valence electrons. The summed E-state index contributed by atoms with van der Waals surface area (Å²) < 4.78 is 0. The number of aryl methyl sites for hydroxylation is 1. The van der Waals surface area contributed by atoms with E-state index in [9.17, 15) is 9.59 Å². The summed E-state index contributed by atoms with van der Waals surface area (Å²) in [7, 11) is 0. The van der Waals surface area contributed by atoms with Crippen molar-refractivity contribution in [2.75, 3.05) is 19.6 Å². The first-order valence-electron chi connectivity index (χ1n) is 13.1. The van der Waals surface area contributed by atoms with Crippen molar-refractivity contribution in [3.63, 3.8) is 0 Å². The Kier molecular flexibility index (Phi) is 10.2. The summed E-state index contributed by atoms with van der Waals surface area (Å²) in [5.41, 5.74) is 10.4. The first kappa shape index (κ1) is 27.3. The van der Waals surface area contributed by atoms with Crippen molar-refractivity contribution < 1.29 is 9.59 Å². The van der Waals surface area contributed by atoms with Gasteiger partial charge in [-0.05, 0) is 71.2 Å². The van der Waals surface area contributed by atoms with Gasteiger partial charge in [0, 0.05) is 43.0 Å². The molecule has 0 unspecified atom stereocenters. The number of rotatable bonds is 13. The zero-order chi connectivity index (χ0) is 26.6. The van der Waals surface area contributed by atoms with Crippen molar-refractivity contribution in [2.24, 2.45) is 5.73 Å². The van der Waals surface area contributed by atoms with E-state index in [1.807, 2.05) is 53.4 Å². The Morgan fingerprint density at radius 2 is 1.58 bits per heavy atom. The number of nitrogens with zero attached hydrogens (tertiary/aromatic N) is 1. The van der Waals surface area contributed by atoms with Crippen molar-refractivity contribution >= 4 is 23.2 Å². The van der Waals surface area contributed by atoms with Crippen molar-refractivity contribution in [2.45, 2.75) is 32.2 Å². The van der Waals surface area contributed by atoms with Crippen LogP contribution in [0.2, 0.25) is 0 Å². The lowest BCUT2D eigenvalue weighted by molar-refractivity contribution is -0.131. The van der Waals surface area contributed by atoms with Crippen LogP contribution >= 0.6 is 11.3 Å². The Morgan fingerprint density at radius 1 is 0.816 bits per heavy atom. The topological polar surface area (TPSA) is 75.4 Å². The first-order chi connectivity index (χ1) is 18.6. The van der Waals surface area contributed by atoms with Crippen LogP contribution in [0.3, 0.4) is 0 Å². The highest BCUT2D eigenvalue weighted by atomic mass is 32.1. The van der Waals surface area contributed by atoms with Crippen LogP contribution < -0.4 is 11.1 Å². The van der Waals surface area contributed by atoms with Gasteiger partial charge in [0.25, 0.3) is 5.91 Å². The lowest BCUT2D eigenvalue weighted by Gasteiger charge is -2.23. The Hall–Kier alpha value is -3.74. The van der Waals surface area contributed by atoms with Gasteiger partial charge in [0.2, 0.25) is 5.91 Å². The van der Waals surface area contributed by atoms with E-state index in [0.29, 0.717) is 38.2 Å². The highest BCUT2D eigenvalue weighted by molar-refractivity contribution is 7.09. The van der Waals surface area contributed by atoms with E-state index < -0.39 is 0 Å². The quantitative estimate of drug-likeness (QED) is 0.235. The molecule has 0 radical (unpaired) electrons. The molecule has 0 saturated carbocycles. The molecule has 0 aliphatic heterocycles. The Morgan fingerprint density at radius 3 is 2.34 bits per heavy atom. The van der Waals surface area contributed by atoms with Gasteiger partial charge in [-0.3, -0.25) is 9.59 Å². The maximum Gasteiger partial charge on any atom is 0.251 e. The number of nitrogens with one attached hydrogen (secondary N) is 1. The normalized spacial score (nSPS) is 10.8. The van der Waals surface area contributed by atoms with E-state index in [-0.39, 0.29) is 11.8 Å². The fraction of sp³-hybridized carbons (Fsp3) is 0.250. The monoisotopic (exact) mass is 525 g/mol. The summed E-state index contributed by atoms with van der Waals surface area (Å²) in [5, 5.41) is 4.90. The van der Waals surface area contributed by atoms with Crippen LogP contribution in [0, 0.1) is 0 Å². The molecule has 4 aromatic rings. The molecule has 1 aromatic heterocycles. The van der Waals surface area contributed by atoms with Crippen LogP contribution in [0.5, 0.6) is 0 Å². The number of carbonyl (C=O) groups is 2. The van der Waals surface area contributed by atoms with Gasteiger partial charge >= 0.3 is 0 Å². The molecule has 0 saturated heterocycles. The summed E-state index contributed by atoms with van der Waals surface area (Å²) >= 11 is 1.73. The average molecular weight is 526 g/mol. The summed E-state index contributed by atoms with van der Waals surface area (Å²) in [6, 6.07) is 30.3. The zero-order valence-electron chi connectivity index (χ0n) is 21.6. The largest absolute Gasteiger partial charge is 0.351 e. The lowest BCUT2D eigenvalue weighted by atomic mass is 10.0. The molecular formula is C32H35N3O2S. The minimum absolute atomic E-state index is 0.130. The highest BCUT2D eigenvalue weighted by Gasteiger charge is 2.15. The maximum atomic E-state index is 13.3. The SMILES string of the molecule is NCCNC(=O)c1cccc(-c2cccc(CN(CCc3cccs3)C(=O)CCCc3ccccc3)c2)c1. The zero-order valence-corrected chi connectivity index (χ0v) is 22.5. The fourth-order valence-electron chi connectivity index (χ4n) is 4.44. The maximum absolute atomic E-state index is 13.3. The molecule has 6 heteroatoms. The number of carbonyl (C=O) groups excluding carboxylic acids is 2. The summed E-state index contributed by atoms with van der Waals surface area (Å²) in [6.07, 6.45) is 3.11. The number of nitrogens with two attached hydrogens (primary N) is 1. The van der Waals surface area contributed by atoms with Gasteiger partial charge in [0.1, 0.15) is 0 Å². The molecule has 2 amide bonds. The van der Waals surface area contributed by atoms with Crippen LogP contribution in [0.15, 0.2) is 96.4 Å². The Labute approximate surface area is 229 Å². The molecule has 5 nitrogen and oxygen atoms in total. The molecule has 3 aromatic carbocycles. The van der Waals surface area contributed by atoms with E-state index in [4.69, 9.17) is 5.73 Å². The van der Waals surface area contributed by atoms with Crippen LogP contribution in [0.25, 0.3) is 11.1 Å². The minimum Gasteiger partial charge on any atom is -0.351 e.